The van der Waals surface area contributed by atoms with Crippen LogP contribution >= 0.6 is 46.1 Å². The van der Waals surface area contributed by atoms with Crippen molar-refractivity contribution in [3.63, 3.8) is 0 Å². The van der Waals surface area contributed by atoms with E-state index in [1.165, 1.54) is 23.5 Å². The van der Waals surface area contributed by atoms with Gasteiger partial charge in [-0.2, -0.15) is 0 Å². The lowest BCUT2D eigenvalue weighted by Gasteiger charge is -2.11. The van der Waals surface area contributed by atoms with Crippen LogP contribution in [0.2, 0.25) is 15.1 Å². The molecule has 0 saturated heterocycles. The smallest absolute Gasteiger partial charge is 0.259 e. The topological polar surface area (TPSA) is 88.2 Å². The van der Waals surface area contributed by atoms with Crippen molar-refractivity contribution >= 4 is 77.4 Å². The molecule has 4 rings (SSSR count). The molecule has 1 heterocycles. The Bertz CT molecular complexity index is 1210. The number of halogens is 3. The summed E-state index contributed by atoms with van der Waals surface area (Å²) < 4.78 is 28.4. The third-order valence-corrected chi connectivity index (χ3v) is 7.49. The number of carbonyl (C=O) groups is 1. The zero-order chi connectivity index (χ0) is 20.1. The molecular weight excluding hydrogens is 465 g/mol. The van der Waals surface area contributed by atoms with Crippen LogP contribution in [0.15, 0.2) is 35.2 Å². The van der Waals surface area contributed by atoms with Crippen molar-refractivity contribution in [2.45, 2.75) is 23.8 Å². The van der Waals surface area contributed by atoms with Crippen LogP contribution in [-0.2, 0) is 10.0 Å². The van der Waals surface area contributed by atoms with Crippen molar-refractivity contribution in [2.24, 2.45) is 0 Å². The number of nitrogens with one attached hydrogen (secondary N) is 2. The Kier molecular flexibility index (Phi) is 5.28. The summed E-state index contributed by atoms with van der Waals surface area (Å²) >= 11 is 19.4. The van der Waals surface area contributed by atoms with Gasteiger partial charge in [-0.15, -0.1) is 0 Å². The Morgan fingerprint density at radius 1 is 1.11 bits per heavy atom. The summed E-state index contributed by atoms with van der Waals surface area (Å²) in [5.41, 5.74) is 0.670. The van der Waals surface area contributed by atoms with Crippen LogP contribution < -0.4 is 10.0 Å². The molecule has 0 spiro atoms. The van der Waals surface area contributed by atoms with Gasteiger partial charge in [-0.05, 0) is 43.2 Å². The number of thiazole rings is 1. The zero-order valence-electron chi connectivity index (χ0n) is 14.0. The molecule has 0 radical (unpaired) electrons. The Morgan fingerprint density at radius 3 is 2.57 bits per heavy atom. The lowest BCUT2D eigenvalue weighted by molar-refractivity contribution is 0.102. The number of carbonyl (C=O) groups excluding carboxylic acids is 1. The number of anilines is 1. The maximum absolute atomic E-state index is 12.7. The fourth-order valence-electron chi connectivity index (χ4n) is 2.51. The second kappa shape index (κ2) is 7.44. The molecule has 0 unspecified atom stereocenters. The van der Waals surface area contributed by atoms with Gasteiger partial charge in [-0.3, -0.25) is 10.1 Å². The third kappa shape index (κ3) is 4.12. The standard InChI is InChI=1S/C17H12Cl3N3O3S2/c18-8-1-4-13-14(5-8)27-17(21-13)22-16(24)10-6-15(12(20)7-11(10)19)28(25,26)23-9-2-3-9/h1,4-7,9,23H,2-3H2,(H,21,22,24). The van der Waals surface area contributed by atoms with E-state index in [1.54, 1.807) is 18.2 Å². The summed E-state index contributed by atoms with van der Waals surface area (Å²) in [5, 5.41) is 3.53. The maximum Gasteiger partial charge on any atom is 0.259 e. The monoisotopic (exact) mass is 475 g/mol. The van der Waals surface area contributed by atoms with E-state index < -0.39 is 15.9 Å². The molecule has 3 aromatic rings. The van der Waals surface area contributed by atoms with Crippen LogP contribution in [0.25, 0.3) is 10.2 Å². The largest absolute Gasteiger partial charge is 0.298 e. The fourth-order valence-corrected chi connectivity index (χ4v) is 5.81. The zero-order valence-corrected chi connectivity index (χ0v) is 17.9. The van der Waals surface area contributed by atoms with Crippen LogP contribution in [0.4, 0.5) is 5.13 Å². The number of rotatable bonds is 5. The first kappa shape index (κ1) is 19.9. The minimum atomic E-state index is -3.85. The molecule has 2 N–H and O–H groups in total. The predicted octanol–water partition coefficient (Wildman–Crippen LogP) is 4.95. The van der Waals surface area contributed by atoms with Crippen molar-refractivity contribution in [1.82, 2.24) is 9.71 Å². The van der Waals surface area contributed by atoms with Crippen molar-refractivity contribution in [2.75, 3.05) is 5.32 Å². The number of benzene rings is 2. The summed E-state index contributed by atoms with van der Waals surface area (Å²) in [7, 11) is -3.85. The van der Waals surface area contributed by atoms with Gasteiger partial charge < -0.3 is 0 Å². The molecule has 0 bridgehead atoms. The number of amides is 1. The Balaban J connectivity index is 1.65. The van der Waals surface area contributed by atoms with E-state index in [-0.39, 0.29) is 26.5 Å². The van der Waals surface area contributed by atoms with E-state index in [9.17, 15) is 13.2 Å². The third-order valence-electron chi connectivity index (χ3n) is 4.03. The van der Waals surface area contributed by atoms with E-state index in [2.05, 4.69) is 15.0 Å². The van der Waals surface area contributed by atoms with Gasteiger partial charge in [-0.1, -0.05) is 46.1 Å². The van der Waals surface area contributed by atoms with Crippen molar-refractivity contribution in [3.8, 4) is 0 Å². The highest BCUT2D eigenvalue weighted by Crippen LogP contribution is 2.32. The average molecular weight is 477 g/mol. The highest BCUT2D eigenvalue weighted by molar-refractivity contribution is 7.89. The minimum Gasteiger partial charge on any atom is -0.298 e. The van der Waals surface area contributed by atoms with Gasteiger partial charge in [0.15, 0.2) is 5.13 Å². The number of aromatic nitrogens is 1. The van der Waals surface area contributed by atoms with E-state index in [0.717, 1.165) is 17.5 Å². The van der Waals surface area contributed by atoms with Crippen LogP contribution in [-0.4, -0.2) is 25.4 Å². The van der Waals surface area contributed by atoms with Crippen molar-refractivity contribution < 1.29 is 13.2 Å². The Labute approximate surface area is 179 Å². The summed E-state index contributed by atoms with van der Waals surface area (Å²) in [4.78, 5) is 16.8. The molecule has 2 aromatic carbocycles. The highest BCUT2D eigenvalue weighted by atomic mass is 35.5. The molecule has 11 heteroatoms. The first-order valence-electron chi connectivity index (χ1n) is 8.12. The van der Waals surface area contributed by atoms with Gasteiger partial charge in [0.25, 0.3) is 5.91 Å². The summed E-state index contributed by atoms with van der Waals surface area (Å²) in [5.74, 6) is -0.588. The van der Waals surface area contributed by atoms with Crippen LogP contribution in [0, 0.1) is 0 Å². The molecule has 6 nitrogen and oxygen atoms in total. The summed E-state index contributed by atoms with van der Waals surface area (Å²) in [6.45, 7) is 0. The normalized spacial score (nSPS) is 14.4. The Morgan fingerprint density at radius 2 is 1.86 bits per heavy atom. The minimum absolute atomic E-state index is 0.0143. The van der Waals surface area contributed by atoms with E-state index in [4.69, 9.17) is 34.8 Å². The van der Waals surface area contributed by atoms with E-state index in [0.29, 0.717) is 15.7 Å². The van der Waals surface area contributed by atoms with Gasteiger partial charge in [0.1, 0.15) is 4.90 Å². The summed E-state index contributed by atoms with van der Waals surface area (Å²) in [6.07, 6.45) is 1.55. The molecule has 0 atom stereocenters. The van der Waals surface area contributed by atoms with Gasteiger partial charge >= 0.3 is 0 Å². The number of sulfonamides is 1. The van der Waals surface area contributed by atoms with Gasteiger partial charge in [-0.25, -0.2) is 18.1 Å². The quantitative estimate of drug-likeness (QED) is 0.545. The first-order chi connectivity index (χ1) is 13.2. The fraction of sp³-hybridized carbons (Fsp3) is 0.176. The maximum atomic E-state index is 12.7. The lowest BCUT2D eigenvalue weighted by Crippen LogP contribution is -2.26. The number of fused-ring (bicyclic) bond motifs is 1. The molecule has 0 aliphatic heterocycles. The second-order valence-electron chi connectivity index (χ2n) is 6.24. The van der Waals surface area contributed by atoms with Crippen molar-refractivity contribution in [1.29, 1.82) is 0 Å². The Hall–Kier alpha value is -1.42. The summed E-state index contributed by atoms with van der Waals surface area (Å²) in [6, 6.07) is 7.52. The molecule has 1 saturated carbocycles. The number of hydrogen-bond donors (Lipinski definition) is 2. The molecular formula is C17H12Cl3N3O3S2. The van der Waals surface area contributed by atoms with Crippen LogP contribution in [0.5, 0.6) is 0 Å². The molecule has 1 aliphatic rings. The average Bonchev–Trinajstić information content (AvgIpc) is 3.31. The van der Waals surface area contributed by atoms with E-state index in [1.807, 2.05) is 0 Å². The van der Waals surface area contributed by atoms with Gasteiger partial charge in [0.2, 0.25) is 10.0 Å². The molecule has 1 fully saturated rings. The van der Waals surface area contributed by atoms with E-state index >= 15 is 0 Å². The molecule has 1 aromatic heterocycles. The van der Waals surface area contributed by atoms with Crippen LogP contribution in [0.1, 0.15) is 23.2 Å². The SMILES string of the molecule is O=C(Nc1nc2ccc(Cl)cc2s1)c1cc(S(=O)(=O)NC2CC2)c(Cl)cc1Cl. The van der Waals surface area contributed by atoms with Crippen molar-refractivity contribution in [3.05, 3.63) is 51.0 Å². The molecule has 28 heavy (non-hydrogen) atoms. The lowest BCUT2D eigenvalue weighted by atomic mass is 10.2. The van der Waals surface area contributed by atoms with Gasteiger partial charge in [0, 0.05) is 11.1 Å². The predicted molar refractivity (Wildman–Crippen MR) is 112 cm³/mol. The van der Waals surface area contributed by atoms with Gasteiger partial charge in [0.05, 0.1) is 25.8 Å². The molecule has 1 aliphatic carbocycles. The highest BCUT2D eigenvalue weighted by Gasteiger charge is 2.30. The number of nitrogens with zero attached hydrogens (tertiary/aromatic N) is 1. The molecule has 146 valence electrons. The van der Waals surface area contributed by atoms with Crippen LogP contribution in [0.3, 0.4) is 0 Å². The second-order valence-corrected chi connectivity index (χ2v) is 10.2. The number of hydrogen-bond acceptors (Lipinski definition) is 5. The molecule has 1 amide bonds. The first-order valence-corrected chi connectivity index (χ1v) is 11.5.